The highest BCUT2D eigenvalue weighted by Crippen LogP contribution is 2.38. The first kappa shape index (κ1) is 17.0. The van der Waals surface area contributed by atoms with Crippen LogP contribution in [-0.2, 0) is 4.79 Å². The van der Waals surface area contributed by atoms with Gasteiger partial charge in [-0.2, -0.15) is 0 Å². The first-order chi connectivity index (χ1) is 11.5. The Morgan fingerprint density at radius 3 is 2.42 bits per heavy atom. The number of benzene rings is 1. The summed E-state index contributed by atoms with van der Waals surface area (Å²) in [6.07, 6.45) is 4.92. The Balaban J connectivity index is 1.47. The second-order valence-corrected chi connectivity index (χ2v) is 7.21. The highest BCUT2D eigenvalue weighted by molar-refractivity contribution is 5.96. The second-order valence-electron chi connectivity index (χ2n) is 7.21. The molecule has 5 heteroatoms. The van der Waals surface area contributed by atoms with Gasteiger partial charge in [-0.1, -0.05) is 19.8 Å². The van der Waals surface area contributed by atoms with Crippen molar-refractivity contribution < 1.29 is 14.7 Å². The second kappa shape index (κ2) is 7.34. The lowest BCUT2D eigenvalue weighted by Gasteiger charge is -2.18. The van der Waals surface area contributed by atoms with E-state index in [0.717, 1.165) is 19.3 Å². The Hall–Kier alpha value is -1.88. The molecule has 2 aliphatic rings. The number of hydrogen-bond acceptors (Lipinski definition) is 3. The number of hydrogen-bond donors (Lipinski definition) is 3. The van der Waals surface area contributed by atoms with E-state index in [2.05, 4.69) is 17.6 Å². The molecule has 3 rings (SSSR count). The number of aliphatic hydroxyl groups is 1. The van der Waals surface area contributed by atoms with Gasteiger partial charge in [0.25, 0.3) is 5.91 Å². The molecule has 5 nitrogen and oxygen atoms in total. The number of anilines is 1. The molecule has 1 aromatic rings. The third kappa shape index (κ3) is 4.15. The van der Waals surface area contributed by atoms with Crippen LogP contribution in [0.2, 0.25) is 0 Å². The SMILES string of the molecule is C[C@@H]1C[C@@H]1C(=O)Nc1ccc(C(=O)NC[C@H](O)C2CCCC2)cc1. The Kier molecular flexibility index (Phi) is 5.19. The standard InChI is InChI=1S/C19H26N2O3/c1-12-10-16(12)19(24)21-15-8-6-14(7-9-15)18(23)20-11-17(22)13-4-2-3-5-13/h6-9,12-13,16-17,22H,2-5,10-11H2,1H3,(H,20,23)(H,21,24)/t12-,16+,17+/m1/s1. The average Bonchev–Trinajstić information content (AvgIpc) is 3.09. The summed E-state index contributed by atoms with van der Waals surface area (Å²) in [7, 11) is 0. The van der Waals surface area contributed by atoms with Crippen molar-refractivity contribution in [2.75, 3.05) is 11.9 Å². The molecular formula is C19H26N2O3. The summed E-state index contributed by atoms with van der Waals surface area (Å²) in [5.74, 6) is 0.777. The fourth-order valence-corrected chi connectivity index (χ4v) is 3.44. The van der Waals surface area contributed by atoms with Crippen molar-refractivity contribution >= 4 is 17.5 Å². The first-order valence-corrected chi connectivity index (χ1v) is 8.92. The van der Waals surface area contributed by atoms with Gasteiger partial charge < -0.3 is 15.7 Å². The highest BCUT2D eigenvalue weighted by Gasteiger charge is 2.39. The summed E-state index contributed by atoms with van der Waals surface area (Å²) in [5.41, 5.74) is 1.24. The van der Waals surface area contributed by atoms with Crippen LogP contribution in [0.25, 0.3) is 0 Å². The van der Waals surface area contributed by atoms with Crippen molar-refractivity contribution in [3.8, 4) is 0 Å². The van der Waals surface area contributed by atoms with Crippen LogP contribution < -0.4 is 10.6 Å². The molecule has 0 spiro atoms. The maximum Gasteiger partial charge on any atom is 0.251 e. The smallest absolute Gasteiger partial charge is 0.251 e. The van der Waals surface area contributed by atoms with Crippen LogP contribution in [0.15, 0.2) is 24.3 Å². The predicted molar refractivity (Wildman–Crippen MR) is 92.6 cm³/mol. The molecule has 2 amide bonds. The third-order valence-corrected chi connectivity index (χ3v) is 5.28. The molecule has 0 heterocycles. The van der Waals surface area contributed by atoms with Crippen LogP contribution >= 0.6 is 0 Å². The lowest BCUT2D eigenvalue weighted by Crippen LogP contribution is -2.35. The number of rotatable bonds is 6. The monoisotopic (exact) mass is 330 g/mol. The molecule has 0 radical (unpaired) electrons. The Bertz CT molecular complexity index is 593. The molecule has 0 saturated heterocycles. The van der Waals surface area contributed by atoms with Crippen LogP contribution in [0.4, 0.5) is 5.69 Å². The average molecular weight is 330 g/mol. The van der Waals surface area contributed by atoms with Gasteiger partial charge in [0.05, 0.1) is 6.10 Å². The number of amides is 2. The van der Waals surface area contributed by atoms with Gasteiger partial charge in [-0.25, -0.2) is 0 Å². The molecule has 0 bridgehead atoms. The van der Waals surface area contributed by atoms with E-state index >= 15 is 0 Å². The Morgan fingerprint density at radius 2 is 1.83 bits per heavy atom. The number of aliphatic hydroxyl groups excluding tert-OH is 1. The lowest BCUT2D eigenvalue weighted by atomic mass is 10.0. The maximum atomic E-state index is 12.1. The Morgan fingerprint density at radius 1 is 1.21 bits per heavy atom. The predicted octanol–water partition coefficient (Wildman–Crippen LogP) is 2.56. The molecule has 2 aliphatic carbocycles. The van der Waals surface area contributed by atoms with Gasteiger partial charge in [-0.05, 0) is 55.4 Å². The van der Waals surface area contributed by atoms with Crippen LogP contribution in [0.3, 0.4) is 0 Å². The van der Waals surface area contributed by atoms with Crippen LogP contribution in [0.1, 0.15) is 49.4 Å². The fourth-order valence-electron chi connectivity index (χ4n) is 3.44. The molecular weight excluding hydrogens is 304 g/mol. The number of nitrogens with one attached hydrogen (secondary N) is 2. The number of carbonyl (C=O) groups is 2. The van der Waals surface area contributed by atoms with E-state index in [-0.39, 0.29) is 17.7 Å². The molecule has 1 aromatic carbocycles. The third-order valence-electron chi connectivity index (χ3n) is 5.28. The molecule has 2 fully saturated rings. The van der Waals surface area contributed by atoms with Gasteiger partial charge in [-0.3, -0.25) is 9.59 Å². The molecule has 130 valence electrons. The zero-order chi connectivity index (χ0) is 17.1. The molecule has 2 saturated carbocycles. The molecule has 0 unspecified atom stereocenters. The fraction of sp³-hybridized carbons (Fsp3) is 0.579. The summed E-state index contributed by atoms with van der Waals surface area (Å²) in [6.45, 7) is 2.36. The van der Waals surface area contributed by atoms with Crippen molar-refractivity contribution in [3.05, 3.63) is 29.8 Å². The highest BCUT2D eigenvalue weighted by atomic mass is 16.3. The van der Waals surface area contributed by atoms with E-state index < -0.39 is 6.10 Å². The van der Waals surface area contributed by atoms with E-state index in [4.69, 9.17) is 0 Å². The lowest BCUT2D eigenvalue weighted by molar-refractivity contribution is -0.117. The van der Waals surface area contributed by atoms with Gasteiger partial charge in [0, 0.05) is 23.7 Å². The van der Waals surface area contributed by atoms with Gasteiger partial charge in [-0.15, -0.1) is 0 Å². The molecule has 3 N–H and O–H groups in total. The molecule has 3 atom stereocenters. The molecule has 0 aromatic heterocycles. The molecule has 24 heavy (non-hydrogen) atoms. The van der Waals surface area contributed by atoms with Crippen molar-refractivity contribution in [1.29, 1.82) is 0 Å². The summed E-state index contributed by atoms with van der Waals surface area (Å²) in [6, 6.07) is 6.88. The van der Waals surface area contributed by atoms with Gasteiger partial charge in [0.15, 0.2) is 0 Å². The largest absolute Gasteiger partial charge is 0.391 e. The Labute approximate surface area is 142 Å². The topological polar surface area (TPSA) is 78.4 Å². The van der Waals surface area contributed by atoms with E-state index in [1.807, 2.05) is 0 Å². The van der Waals surface area contributed by atoms with Crippen LogP contribution in [0.5, 0.6) is 0 Å². The summed E-state index contributed by atoms with van der Waals surface area (Å²) in [4.78, 5) is 24.0. The summed E-state index contributed by atoms with van der Waals surface area (Å²) in [5, 5.41) is 15.8. The van der Waals surface area contributed by atoms with Crippen molar-refractivity contribution in [1.82, 2.24) is 5.32 Å². The quantitative estimate of drug-likeness (QED) is 0.750. The van der Waals surface area contributed by atoms with Gasteiger partial charge in [0.1, 0.15) is 0 Å². The van der Waals surface area contributed by atoms with Crippen LogP contribution in [0, 0.1) is 17.8 Å². The van der Waals surface area contributed by atoms with E-state index in [1.165, 1.54) is 12.8 Å². The first-order valence-electron chi connectivity index (χ1n) is 8.92. The minimum Gasteiger partial charge on any atom is -0.391 e. The van der Waals surface area contributed by atoms with Crippen molar-refractivity contribution in [2.24, 2.45) is 17.8 Å². The summed E-state index contributed by atoms with van der Waals surface area (Å²) >= 11 is 0. The van der Waals surface area contributed by atoms with E-state index in [9.17, 15) is 14.7 Å². The zero-order valence-electron chi connectivity index (χ0n) is 14.1. The minimum absolute atomic E-state index is 0.0550. The van der Waals surface area contributed by atoms with Gasteiger partial charge in [0.2, 0.25) is 5.91 Å². The van der Waals surface area contributed by atoms with Crippen molar-refractivity contribution in [3.63, 3.8) is 0 Å². The maximum absolute atomic E-state index is 12.1. The summed E-state index contributed by atoms with van der Waals surface area (Å²) < 4.78 is 0. The van der Waals surface area contributed by atoms with E-state index in [0.29, 0.717) is 29.6 Å². The van der Waals surface area contributed by atoms with Gasteiger partial charge >= 0.3 is 0 Å². The zero-order valence-corrected chi connectivity index (χ0v) is 14.1. The minimum atomic E-state index is -0.462. The van der Waals surface area contributed by atoms with Crippen molar-refractivity contribution in [2.45, 2.75) is 45.1 Å². The normalized spacial score (nSPS) is 24.4. The number of carbonyl (C=O) groups excluding carboxylic acids is 2. The molecule has 0 aliphatic heterocycles. The van der Waals surface area contributed by atoms with E-state index in [1.54, 1.807) is 24.3 Å². The van der Waals surface area contributed by atoms with Crippen LogP contribution in [-0.4, -0.2) is 29.6 Å².